The number of anilines is 2. The van der Waals surface area contributed by atoms with Crippen LogP contribution in [0.3, 0.4) is 0 Å². The van der Waals surface area contributed by atoms with Crippen molar-refractivity contribution in [2.45, 2.75) is 13.5 Å². The molecule has 0 radical (unpaired) electrons. The minimum absolute atomic E-state index is 0.147. The lowest BCUT2D eigenvalue weighted by molar-refractivity contribution is -0.116. The summed E-state index contributed by atoms with van der Waals surface area (Å²) in [7, 11) is 3.28. The summed E-state index contributed by atoms with van der Waals surface area (Å²) in [5, 5.41) is 2.78. The molecular weight excluding hydrogens is 196 g/mol. The topological polar surface area (TPSA) is 97.0 Å². The molecule has 1 amide bonds. The molecule has 0 spiro atoms. The number of amides is 1. The van der Waals surface area contributed by atoms with Gasteiger partial charge in [0.1, 0.15) is 5.82 Å². The van der Waals surface area contributed by atoms with Crippen LogP contribution in [0, 0.1) is 0 Å². The van der Waals surface area contributed by atoms with E-state index in [2.05, 4.69) is 20.3 Å². The van der Waals surface area contributed by atoms with Crippen LogP contribution >= 0.6 is 0 Å². The van der Waals surface area contributed by atoms with Crippen molar-refractivity contribution < 1.29 is 4.79 Å². The van der Waals surface area contributed by atoms with Gasteiger partial charge >= 0.3 is 0 Å². The number of hydrogen-bond acceptors (Lipinski definition) is 6. The lowest BCUT2D eigenvalue weighted by Crippen LogP contribution is -2.26. The van der Waals surface area contributed by atoms with Gasteiger partial charge in [-0.1, -0.05) is 0 Å². The summed E-state index contributed by atoms with van der Waals surface area (Å²) in [6, 6.07) is 0. The van der Waals surface area contributed by atoms with E-state index in [-0.39, 0.29) is 12.5 Å². The van der Waals surface area contributed by atoms with Crippen molar-refractivity contribution in [3.05, 3.63) is 5.82 Å². The van der Waals surface area contributed by atoms with Crippen LogP contribution in [0.4, 0.5) is 11.9 Å². The monoisotopic (exact) mass is 210 g/mol. The third-order valence-electron chi connectivity index (χ3n) is 1.85. The summed E-state index contributed by atoms with van der Waals surface area (Å²) in [6.45, 7) is 1.64. The molecule has 0 saturated carbocycles. The number of rotatable bonds is 3. The lowest BCUT2D eigenvalue weighted by Gasteiger charge is -2.13. The van der Waals surface area contributed by atoms with Crippen molar-refractivity contribution in [2.75, 3.05) is 24.3 Å². The highest BCUT2D eigenvalue weighted by molar-refractivity contribution is 5.88. The Hall–Kier alpha value is -1.76. The molecule has 0 unspecified atom stereocenters. The fraction of sp³-hybridized carbons (Fsp3) is 0.500. The maximum atomic E-state index is 11.1. The number of hydrogen-bond donors (Lipinski definition) is 2. The maximum Gasteiger partial charge on any atom is 0.236 e. The number of nitrogens with one attached hydrogen (secondary N) is 1. The average molecular weight is 210 g/mol. The smallest absolute Gasteiger partial charge is 0.236 e. The Morgan fingerprint density at radius 2 is 2.13 bits per heavy atom. The van der Waals surface area contributed by atoms with Gasteiger partial charge < -0.3 is 11.1 Å². The van der Waals surface area contributed by atoms with Gasteiger partial charge in [0.25, 0.3) is 0 Å². The van der Waals surface area contributed by atoms with Crippen LogP contribution < -0.4 is 16.0 Å². The second kappa shape index (κ2) is 4.65. The maximum absolute atomic E-state index is 11.1. The Morgan fingerprint density at radius 3 is 2.60 bits per heavy atom. The minimum Gasteiger partial charge on any atom is -0.357 e. The molecular formula is C8H14N6O. The van der Waals surface area contributed by atoms with Gasteiger partial charge in [0.05, 0.1) is 6.54 Å². The molecule has 82 valence electrons. The van der Waals surface area contributed by atoms with Gasteiger partial charge in [-0.2, -0.15) is 15.0 Å². The molecule has 0 saturated heterocycles. The van der Waals surface area contributed by atoms with Gasteiger partial charge in [0.2, 0.25) is 17.8 Å². The van der Waals surface area contributed by atoms with E-state index in [1.54, 1.807) is 14.1 Å². The molecule has 0 aromatic carbocycles. The summed E-state index contributed by atoms with van der Waals surface area (Å²) in [5.41, 5.74) is 5.43. The molecule has 1 rings (SSSR count). The molecule has 1 aromatic heterocycles. The Kier molecular flexibility index (Phi) is 3.51. The van der Waals surface area contributed by atoms with E-state index < -0.39 is 0 Å². The first-order valence-corrected chi connectivity index (χ1v) is 4.45. The van der Waals surface area contributed by atoms with Gasteiger partial charge in [-0.15, -0.1) is 0 Å². The normalized spacial score (nSPS) is 9.87. The van der Waals surface area contributed by atoms with Gasteiger partial charge in [-0.3, -0.25) is 9.69 Å². The first-order chi connectivity index (χ1) is 7.08. The molecule has 7 nitrogen and oxygen atoms in total. The van der Waals surface area contributed by atoms with Crippen molar-refractivity contribution in [1.82, 2.24) is 15.0 Å². The predicted octanol–water partition coefficient (Wildman–Crippen LogP) is -0.645. The molecule has 3 N–H and O–H groups in total. The highest BCUT2D eigenvalue weighted by Gasteiger charge is 2.11. The number of nitrogens with two attached hydrogens (primary N) is 1. The molecule has 1 heterocycles. The zero-order valence-corrected chi connectivity index (χ0v) is 8.98. The zero-order valence-electron chi connectivity index (χ0n) is 8.98. The van der Waals surface area contributed by atoms with Crippen LogP contribution in [-0.2, 0) is 11.3 Å². The van der Waals surface area contributed by atoms with E-state index in [0.29, 0.717) is 17.7 Å². The molecule has 0 aliphatic heterocycles. The van der Waals surface area contributed by atoms with Crippen molar-refractivity contribution in [3.8, 4) is 0 Å². The van der Waals surface area contributed by atoms with E-state index in [1.807, 2.05) is 0 Å². The lowest BCUT2D eigenvalue weighted by atomic mass is 10.5. The Balaban J connectivity index is 3.11. The molecule has 0 bridgehead atoms. The highest BCUT2D eigenvalue weighted by atomic mass is 16.2. The van der Waals surface area contributed by atoms with Crippen molar-refractivity contribution >= 4 is 17.8 Å². The fourth-order valence-electron chi connectivity index (χ4n) is 0.901. The zero-order chi connectivity index (χ0) is 11.4. The average Bonchev–Trinajstić information content (AvgIpc) is 2.27. The number of aromatic nitrogens is 3. The third kappa shape index (κ3) is 2.59. The number of nitrogens with zero attached hydrogens (tertiary/aromatic N) is 4. The molecule has 1 aromatic rings. The summed E-state index contributed by atoms with van der Waals surface area (Å²) >= 11 is 0. The summed E-state index contributed by atoms with van der Waals surface area (Å²) in [4.78, 5) is 24.5. The quantitative estimate of drug-likeness (QED) is 0.688. The predicted molar refractivity (Wildman–Crippen MR) is 56.3 cm³/mol. The Bertz CT molecular complexity index is 344. The SMILES string of the molecule is CNc1nc(CN)nc(N(C)C(C)=O)n1. The van der Waals surface area contributed by atoms with Gasteiger partial charge in [-0.25, -0.2) is 0 Å². The van der Waals surface area contributed by atoms with Crippen LogP contribution in [0.25, 0.3) is 0 Å². The van der Waals surface area contributed by atoms with Gasteiger partial charge in [0, 0.05) is 21.0 Å². The van der Waals surface area contributed by atoms with E-state index in [9.17, 15) is 4.79 Å². The molecule has 0 aliphatic rings. The standard InChI is InChI=1S/C8H14N6O/c1-5(15)14(3)8-12-6(4-9)11-7(10-2)13-8/h4,9H2,1-3H3,(H,10,11,12,13). The molecule has 0 aliphatic carbocycles. The second-order valence-electron chi connectivity index (χ2n) is 2.91. The van der Waals surface area contributed by atoms with Crippen LogP contribution in [-0.4, -0.2) is 35.0 Å². The molecule has 15 heavy (non-hydrogen) atoms. The van der Waals surface area contributed by atoms with Crippen LogP contribution in [0.15, 0.2) is 0 Å². The fourth-order valence-corrected chi connectivity index (χ4v) is 0.901. The van der Waals surface area contributed by atoms with Gasteiger partial charge in [-0.05, 0) is 0 Å². The first-order valence-electron chi connectivity index (χ1n) is 4.45. The molecule has 0 fully saturated rings. The summed E-state index contributed by atoms with van der Waals surface area (Å²) < 4.78 is 0. The van der Waals surface area contributed by atoms with Crippen LogP contribution in [0.2, 0.25) is 0 Å². The third-order valence-corrected chi connectivity index (χ3v) is 1.85. The number of carbonyl (C=O) groups excluding carboxylic acids is 1. The van der Waals surface area contributed by atoms with E-state index in [1.165, 1.54) is 11.8 Å². The first kappa shape index (κ1) is 11.3. The Labute approximate surface area is 87.7 Å². The number of carbonyl (C=O) groups is 1. The summed E-state index contributed by atoms with van der Waals surface area (Å²) in [6.07, 6.45) is 0. The Morgan fingerprint density at radius 1 is 1.47 bits per heavy atom. The highest BCUT2D eigenvalue weighted by Crippen LogP contribution is 2.08. The van der Waals surface area contributed by atoms with E-state index in [0.717, 1.165) is 0 Å². The molecule has 7 heteroatoms. The minimum atomic E-state index is -0.147. The van der Waals surface area contributed by atoms with Crippen molar-refractivity contribution in [2.24, 2.45) is 5.73 Å². The van der Waals surface area contributed by atoms with Gasteiger partial charge in [0.15, 0.2) is 0 Å². The van der Waals surface area contributed by atoms with Crippen LogP contribution in [0.5, 0.6) is 0 Å². The van der Waals surface area contributed by atoms with Crippen molar-refractivity contribution in [3.63, 3.8) is 0 Å². The molecule has 0 atom stereocenters. The summed E-state index contributed by atoms with van der Waals surface area (Å²) in [5.74, 6) is 0.986. The largest absolute Gasteiger partial charge is 0.357 e. The second-order valence-corrected chi connectivity index (χ2v) is 2.91. The van der Waals surface area contributed by atoms with E-state index >= 15 is 0 Å². The van der Waals surface area contributed by atoms with E-state index in [4.69, 9.17) is 5.73 Å². The van der Waals surface area contributed by atoms with Crippen molar-refractivity contribution in [1.29, 1.82) is 0 Å². The van der Waals surface area contributed by atoms with Crippen LogP contribution in [0.1, 0.15) is 12.7 Å².